The lowest BCUT2D eigenvalue weighted by molar-refractivity contribution is 1.08. The van der Waals surface area contributed by atoms with Crippen molar-refractivity contribution >= 4 is 0 Å². The normalized spacial score (nSPS) is 10.5. The summed E-state index contributed by atoms with van der Waals surface area (Å²) in [5, 5.41) is 0. The van der Waals surface area contributed by atoms with Crippen LogP contribution in [-0.4, -0.2) is 9.97 Å². The summed E-state index contributed by atoms with van der Waals surface area (Å²) < 4.78 is 0. The summed E-state index contributed by atoms with van der Waals surface area (Å²) in [5.74, 6) is 0. The fraction of sp³-hybridized carbons (Fsp3) is 0.333. The van der Waals surface area contributed by atoms with Crippen molar-refractivity contribution in [2.75, 3.05) is 0 Å². The Bertz CT molecular complexity index is 518. The molecule has 2 aromatic rings. The van der Waals surface area contributed by atoms with E-state index in [0.29, 0.717) is 0 Å². The Morgan fingerprint density at radius 3 is 2.53 bits per heavy atom. The van der Waals surface area contributed by atoms with Crippen LogP contribution in [0.1, 0.15) is 30.5 Å². The highest BCUT2D eigenvalue weighted by Crippen LogP contribution is 2.22. The molecule has 17 heavy (non-hydrogen) atoms. The lowest BCUT2D eigenvalue weighted by atomic mass is 10.0. The molecule has 2 rings (SSSR count). The van der Waals surface area contributed by atoms with Crippen molar-refractivity contribution < 1.29 is 0 Å². The summed E-state index contributed by atoms with van der Waals surface area (Å²) in [6.45, 7) is 6.39. The van der Waals surface area contributed by atoms with Crippen LogP contribution in [0.3, 0.4) is 0 Å². The highest BCUT2D eigenvalue weighted by Gasteiger charge is 2.06. The van der Waals surface area contributed by atoms with Gasteiger partial charge in [0.15, 0.2) is 0 Å². The van der Waals surface area contributed by atoms with E-state index in [9.17, 15) is 0 Å². The lowest BCUT2D eigenvalue weighted by Gasteiger charge is -2.08. The van der Waals surface area contributed by atoms with Crippen molar-refractivity contribution in [1.82, 2.24) is 9.97 Å². The fourth-order valence-electron chi connectivity index (χ4n) is 1.97. The molecule has 0 bridgehead atoms. The van der Waals surface area contributed by atoms with Crippen LogP contribution >= 0.6 is 0 Å². The van der Waals surface area contributed by atoms with E-state index < -0.39 is 0 Å². The van der Waals surface area contributed by atoms with E-state index in [1.54, 1.807) is 0 Å². The van der Waals surface area contributed by atoms with Crippen molar-refractivity contribution in [3.05, 3.63) is 47.4 Å². The molecule has 0 aromatic carbocycles. The molecule has 0 N–H and O–H groups in total. The van der Waals surface area contributed by atoms with Gasteiger partial charge in [-0.1, -0.05) is 19.9 Å². The first kappa shape index (κ1) is 11.8. The van der Waals surface area contributed by atoms with E-state index >= 15 is 0 Å². The second kappa shape index (κ2) is 5.09. The monoisotopic (exact) mass is 226 g/mol. The molecule has 2 heteroatoms. The van der Waals surface area contributed by atoms with Gasteiger partial charge in [0.1, 0.15) is 0 Å². The van der Waals surface area contributed by atoms with Gasteiger partial charge in [0.05, 0.1) is 5.69 Å². The van der Waals surface area contributed by atoms with Gasteiger partial charge in [-0.3, -0.25) is 9.97 Å². The van der Waals surface area contributed by atoms with Gasteiger partial charge in [-0.25, -0.2) is 0 Å². The average molecular weight is 226 g/mol. The van der Waals surface area contributed by atoms with Gasteiger partial charge in [0.25, 0.3) is 0 Å². The third-order valence-corrected chi connectivity index (χ3v) is 2.96. The zero-order chi connectivity index (χ0) is 12.3. The van der Waals surface area contributed by atoms with Crippen LogP contribution in [0.2, 0.25) is 0 Å². The number of aromatic nitrogens is 2. The van der Waals surface area contributed by atoms with Gasteiger partial charge in [0, 0.05) is 24.2 Å². The van der Waals surface area contributed by atoms with Gasteiger partial charge in [-0.05, 0) is 42.5 Å². The van der Waals surface area contributed by atoms with Crippen molar-refractivity contribution in [2.24, 2.45) is 0 Å². The van der Waals surface area contributed by atoms with Gasteiger partial charge in [-0.2, -0.15) is 0 Å². The van der Waals surface area contributed by atoms with Crippen molar-refractivity contribution in [3.8, 4) is 11.3 Å². The second-order valence-corrected chi connectivity index (χ2v) is 4.31. The lowest BCUT2D eigenvalue weighted by Crippen LogP contribution is -1.94. The molecule has 0 amide bonds. The van der Waals surface area contributed by atoms with Gasteiger partial charge in [0.2, 0.25) is 0 Å². The van der Waals surface area contributed by atoms with Crippen molar-refractivity contribution in [3.63, 3.8) is 0 Å². The summed E-state index contributed by atoms with van der Waals surface area (Å²) in [7, 11) is 0. The molecule has 0 unspecified atom stereocenters. The van der Waals surface area contributed by atoms with Crippen LogP contribution < -0.4 is 0 Å². The summed E-state index contributed by atoms with van der Waals surface area (Å²) in [6.07, 6.45) is 7.75. The first-order valence-electron chi connectivity index (χ1n) is 6.14. The largest absolute Gasteiger partial charge is 0.264 e. The molecule has 2 heterocycles. The molecule has 0 aliphatic rings. The van der Waals surface area contributed by atoms with E-state index in [0.717, 1.165) is 24.1 Å². The Hall–Kier alpha value is -1.70. The molecule has 2 nitrogen and oxygen atoms in total. The first-order chi connectivity index (χ1) is 8.24. The zero-order valence-corrected chi connectivity index (χ0v) is 10.7. The first-order valence-corrected chi connectivity index (χ1v) is 6.14. The molecule has 88 valence electrons. The SMILES string of the molecule is CCc1cncc(-c2ncc(C)cc2CC)c1. The quantitative estimate of drug-likeness (QED) is 0.799. The third-order valence-electron chi connectivity index (χ3n) is 2.96. The molecule has 0 atom stereocenters. The van der Waals surface area contributed by atoms with Crippen LogP contribution in [-0.2, 0) is 12.8 Å². The summed E-state index contributed by atoms with van der Waals surface area (Å²) in [4.78, 5) is 8.84. The second-order valence-electron chi connectivity index (χ2n) is 4.31. The topological polar surface area (TPSA) is 25.8 Å². The molecule has 0 spiro atoms. The molecule has 0 aliphatic heterocycles. The minimum absolute atomic E-state index is 1.00. The van der Waals surface area contributed by atoms with E-state index in [-0.39, 0.29) is 0 Å². The Morgan fingerprint density at radius 2 is 1.82 bits per heavy atom. The number of hydrogen-bond donors (Lipinski definition) is 0. The Kier molecular flexibility index (Phi) is 3.52. The predicted molar refractivity (Wildman–Crippen MR) is 71.0 cm³/mol. The molecular weight excluding hydrogens is 208 g/mol. The molecule has 0 aliphatic carbocycles. The number of hydrogen-bond acceptors (Lipinski definition) is 2. The van der Waals surface area contributed by atoms with Crippen LogP contribution in [0.15, 0.2) is 30.7 Å². The van der Waals surface area contributed by atoms with Crippen LogP contribution in [0, 0.1) is 6.92 Å². The maximum atomic E-state index is 4.55. The minimum atomic E-state index is 1.00. The highest BCUT2D eigenvalue weighted by atomic mass is 14.7. The molecule has 0 saturated carbocycles. The smallest absolute Gasteiger partial charge is 0.0749 e. The molecule has 0 saturated heterocycles. The van der Waals surface area contributed by atoms with Crippen LogP contribution in [0.25, 0.3) is 11.3 Å². The molecule has 0 fully saturated rings. The van der Waals surface area contributed by atoms with Crippen LogP contribution in [0.4, 0.5) is 0 Å². The fourth-order valence-corrected chi connectivity index (χ4v) is 1.97. The Morgan fingerprint density at radius 1 is 1.00 bits per heavy atom. The van der Waals surface area contributed by atoms with Crippen molar-refractivity contribution in [1.29, 1.82) is 0 Å². The molecule has 2 aromatic heterocycles. The van der Waals surface area contributed by atoms with E-state index in [2.05, 4.69) is 42.9 Å². The Balaban J connectivity index is 2.51. The maximum Gasteiger partial charge on any atom is 0.0749 e. The van der Waals surface area contributed by atoms with E-state index in [4.69, 9.17) is 0 Å². The number of aryl methyl sites for hydroxylation is 3. The summed E-state index contributed by atoms with van der Waals surface area (Å²) >= 11 is 0. The summed E-state index contributed by atoms with van der Waals surface area (Å²) in [6, 6.07) is 4.39. The number of pyridine rings is 2. The minimum Gasteiger partial charge on any atom is -0.264 e. The predicted octanol–water partition coefficient (Wildman–Crippen LogP) is 3.58. The van der Waals surface area contributed by atoms with Gasteiger partial charge >= 0.3 is 0 Å². The zero-order valence-electron chi connectivity index (χ0n) is 10.7. The summed E-state index contributed by atoms with van der Waals surface area (Å²) in [5.41, 5.74) is 5.96. The number of nitrogens with zero attached hydrogens (tertiary/aromatic N) is 2. The molecule has 0 radical (unpaired) electrons. The highest BCUT2D eigenvalue weighted by molar-refractivity contribution is 5.63. The van der Waals surface area contributed by atoms with E-state index in [1.165, 1.54) is 16.7 Å². The van der Waals surface area contributed by atoms with Gasteiger partial charge < -0.3 is 0 Å². The standard InChI is InChI=1S/C15H18N2/c1-4-12-7-14(10-16-9-12)15-13(5-2)6-11(3)8-17-15/h6-10H,4-5H2,1-3H3. The third kappa shape index (κ3) is 2.52. The van der Waals surface area contributed by atoms with Crippen LogP contribution in [0.5, 0.6) is 0 Å². The van der Waals surface area contributed by atoms with E-state index in [1.807, 2.05) is 18.6 Å². The molecular formula is C15H18N2. The number of rotatable bonds is 3. The van der Waals surface area contributed by atoms with Crippen molar-refractivity contribution in [2.45, 2.75) is 33.6 Å². The van der Waals surface area contributed by atoms with Gasteiger partial charge in [-0.15, -0.1) is 0 Å². The maximum absolute atomic E-state index is 4.55. The average Bonchev–Trinajstić information content (AvgIpc) is 2.38. The Labute approximate surface area is 103 Å².